The van der Waals surface area contributed by atoms with E-state index in [1.54, 1.807) is 23.4 Å². The van der Waals surface area contributed by atoms with E-state index in [-0.39, 0.29) is 18.4 Å². The second kappa shape index (κ2) is 8.62. The Morgan fingerprint density at radius 1 is 1.04 bits per heavy atom. The number of anilines is 2. The summed E-state index contributed by atoms with van der Waals surface area (Å²) in [5, 5.41) is 0. The molecule has 1 fully saturated rings. The molecule has 2 heterocycles. The summed E-state index contributed by atoms with van der Waals surface area (Å²) in [5.41, 5.74) is 1.88. The molecule has 0 aliphatic carbocycles. The normalized spacial score (nSPS) is 14.1. The van der Waals surface area contributed by atoms with Crippen LogP contribution in [-0.4, -0.2) is 59.4 Å². The highest BCUT2D eigenvalue weighted by atomic mass is 16.2. The Balaban J connectivity index is 1.64. The average molecular weight is 367 g/mol. The van der Waals surface area contributed by atoms with Crippen molar-refractivity contribution in [2.75, 3.05) is 42.5 Å². The van der Waals surface area contributed by atoms with E-state index >= 15 is 0 Å². The minimum Gasteiger partial charge on any atom is -0.338 e. The Morgan fingerprint density at radius 2 is 1.70 bits per heavy atom. The van der Waals surface area contributed by atoms with Gasteiger partial charge in [-0.25, -0.2) is 9.97 Å². The van der Waals surface area contributed by atoms with Gasteiger partial charge in [-0.2, -0.15) is 0 Å². The van der Waals surface area contributed by atoms with Crippen LogP contribution in [0.5, 0.6) is 0 Å². The van der Waals surface area contributed by atoms with Crippen molar-refractivity contribution in [3.8, 4) is 0 Å². The molecule has 7 nitrogen and oxygen atoms in total. The Bertz CT molecular complexity index is 788. The summed E-state index contributed by atoms with van der Waals surface area (Å²) in [6.45, 7) is 6.17. The molecule has 0 bridgehead atoms. The fourth-order valence-electron chi connectivity index (χ4n) is 3.28. The van der Waals surface area contributed by atoms with Gasteiger partial charge in [0.15, 0.2) is 0 Å². The van der Waals surface area contributed by atoms with Crippen LogP contribution >= 0.6 is 0 Å². The molecule has 0 saturated carbocycles. The molecule has 1 aromatic carbocycles. The molecule has 0 radical (unpaired) electrons. The Hall–Kier alpha value is -2.96. The minimum absolute atomic E-state index is 0.0373. The van der Waals surface area contributed by atoms with E-state index in [1.807, 2.05) is 36.1 Å². The lowest BCUT2D eigenvalue weighted by atomic mass is 10.1. The molecule has 0 atom stereocenters. The molecule has 142 valence electrons. The predicted octanol–water partition coefficient (Wildman–Crippen LogP) is 1.74. The molecule has 0 N–H and O–H groups in total. The number of rotatable bonds is 5. The standard InChI is InChI=1S/C20H25N5O2/c1-3-17-7-4-5-8-18(17)25(16(2)26)15-19(27)23-11-13-24(14-12-23)20-21-9-6-10-22-20/h4-10H,3,11-15H2,1-2H3. The van der Waals surface area contributed by atoms with Gasteiger partial charge in [0.2, 0.25) is 17.8 Å². The number of para-hydroxylation sites is 1. The summed E-state index contributed by atoms with van der Waals surface area (Å²) >= 11 is 0. The summed E-state index contributed by atoms with van der Waals surface area (Å²) in [4.78, 5) is 39.0. The first-order chi connectivity index (χ1) is 13.1. The third kappa shape index (κ3) is 4.42. The van der Waals surface area contributed by atoms with Crippen LogP contribution in [0.2, 0.25) is 0 Å². The number of benzene rings is 1. The van der Waals surface area contributed by atoms with Crippen LogP contribution in [0.15, 0.2) is 42.7 Å². The van der Waals surface area contributed by atoms with E-state index in [0.29, 0.717) is 32.1 Å². The second-order valence-corrected chi connectivity index (χ2v) is 6.50. The van der Waals surface area contributed by atoms with Crippen molar-refractivity contribution in [3.05, 3.63) is 48.3 Å². The lowest BCUT2D eigenvalue weighted by Gasteiger charge is -2.35. The molecule has 1 aliphatic heterocycles. The quantitative estimate of drug-likeness (QED) is 0.805. The van der Waals surface area contributed by atoms with Crippen LogP contribution < -0.4 is 9.80 Å². The van der Waals surface area contributed by atoms with Gasteiger partial charge in [-0.15, -0.1) is 0 Å². The zero-order valence-electron chi connectivity index (χ0n) is 15.8. The molecular formula is C20H25N5O2. The number of hydrogen-bond donors (Lipinski definition) is 0. The van der Waals surface area contributed by atoms with Gasteiger partial charge >= 0.3 is 0 Å². The summed E-state index contributed by atoms with van der Waals surface area (Å²) < 4.78 is 0. The molecule has 0 spiro atoms. The maximum absolute atomic E-state index is 12.8. The lowest BCUT2D eigenvalue weighted by Crippen LogP contribution is -2.52. The minimum atomic E-state index is -0.124. The van der Waals surface area contributed by atoms with Crippen molar-refractivity contribution >= 4 is 23.5 Å². The molecule has 0 unspecified atom stereocenters. The SMILES string of the molecule is CCc1ccccc1N(CC(=O)N1CCN(c2ncccn2)CC1)C(C)=O. The highest BCUT2D eigenvalue weighted by molar-refractivity contribution is 5.98. The Labute approximate surface area is 159 Å². The van der Waals surface area contributed by atoms with Crippen molar-refractivity contribution in [2.24, 2.45) is 0 Å². The summed E-state index contributed by atoms with van der Waals surface area (Å²) in [5.74, 6) is 0.525. The van der Waals surface area contributed by atoms with Gasteiger partial charge in [0, 0.05) is 51.2 Å². The predicted molar refractivity (Wildman–Crippen MR) is 105 cm³/mol. The molecule has 7 heteroatoms. The number of carbonyl (C=O) groups is 2. The topological polar surface area (TPSA) is 69.6 Å². The molecule has 2 aromatic rings. The van der Waals surface area contributed by atoms with Gasteiger partial charge in [0.1, 0.15) is 6.54 Å². The molecule has 3 rings (SSSR count). The molecular weight excluding hydrogens is 342 g/mol. The third-order valence-corrected chi connectivity index (χ3v) is 4.80. The van der Waals surface area contributed by atoms with Gasteiger partial charge in [-0.1, -0.05) is 25.1 Å². The molecule has 1 saturated heterocycles. The number of nitrogens with zero attached hydrogens (tertiary/aromatic N) is 5. The fraction of sp³-hybridized carbons (Fsp3) is 0.400. The number of aromatic nitrogens is 2. The van der Waals surface area contributed by atoms with Crippen LogP contribution in [0.1, 0.15) is 19.4 Å². The van der Waals surface area contributed by atoms with Crippen LogP contribution in [0.3, 0.4) is 0 Å². The van der Waals surface area contributed by atoms with Crippen molar-refractivity contribution in [3.63, 3.8) is 0 Å². The van der Waals surface area contributed by atoms with Crippen LogP contribution in [0, 0.1) is 0 Å². The average Bonchev–Trinajstić information content (AvgIpc) is 2.72. The van der Waals surface area contributed by atoms with Crippen molar-refractivity contribution in [2.45, 2.75) is 20.3 Å². The smallest absolute Gasteiger partial charge is 0.242 e. The maximum Gasteiger partial charge on any atom is 0.242 e. The zero-order valence-corrected chi connectivity index (χ0v) is 15.8. The van der Waals surface area contributed by atoms with E-state index in [9.17, 15) is 9.59 Å². The molecule has 27 heavy (non-hydrogen) atoms. The first-order valence-electron chi connectivity index (χ1n) is 9.26. The van der Waals surface area contributed by atoms with Crippen LogP contribution in [0.4, 0.5) is 11.6 Å². The highest BCUT2D eigenvalue weighted by Gasteiger charge is 2.25. The summed E-state index contributed by atoms with van der Waals surface area (Å²) in [6, 6.07) is 9.53. The van der Waals surface area contributed by atoms with Gasteiger partial charge in [-0.05, 0) is 24.1 Å². The maximum atomic E-state index is 12.8. The third-order valence-electron chi connectivity index (χ3n) is 4.80. The highest BCUT2D eigenvalue weighted by Crippen LogP contribution is 2.21. The van der Waals surface area contributed by atoms with E-state index in [1.165, 1.54) is 6.92 Å². The number of hydrogen-bond acceptors (Lipinski definition) is 5. The zero-order chi connectivity index (χ0) is 19.2. The van der Waals surface area contributed by atoms with Crippen molar-refractivity contribution in [1.82, 2.24) is 14.9 Å². The molecule has 1 aliphatic rings. The number of carbonyl (C=O) groups excluding carboxylic acids is 2. The monoisotopic (exact) mass is 367 g/mol. The van der Waals surface area contributed by atoms with Gasteiger partial charge in [0.05, 0.1) is 0 Å². The number of aryl methyl sites for hydroxylation is 1. The van der Waals surface area contributed by atoms with Crippen LogP contribution in [-0.2, 0) is 16.0 Å². The molecule has 2 amide bonds. The van der Waals surface area contributed by atoms with Crippen molar-refractivity contribution < 1.29 is 9.59 Å². The van der Waals surface area contributed by atoms with Gasteiger partial charge in [0.25, 0.3) is 0 Å². The second-order valence-electron chi connectivity index (χ2n) is 6.50. The van der Waals surface area contributed by atoms with E-state index in [0.717, 1.165) is 17.7 Å². The van der Waals surface area contributed by atoms with E-state index in [2.05, 4.69) is 14.9 Å². The van der Waals surface area contributed by atoms with Crippen molar-refractivity contribution in [1.29, 1.82) is 0 Å². The number of piperazine rings is 1. The summed E-state index contributed by atoms with van der Waals surface area (Å²) in [7, 11) is 0. The first kappa shape index (κ1) is 18.8. The Kier molecular flexibility index (Phi) is 6.01. The number of amides is 2. The summed E-state index contributed by atoms with van der Waals surface area (Å²) in [6.07, 6.45) is 4.25. The van der Waals surface area contributed by atoms with Gasteiger partial charge < -0.3 is 14.7 Å². The van der Waals surface area contributed by atoms with Crippen LogP contribution in [0.25, 0.3) is 0 Å². The Morgan fingerprint density at radius 3 is 2.33 bits per heavy atom. The lowest BCUT2D eigenvalue weighted by molar-refractivity contribution is -0.131. The van der Waals surface area contributed by atoms with E-state index < -0.39 is 0 Å². The van der Waals surface area contributed by atoms with E-state index in [4.69, 9.17) is 0 Å². The fourth-order valence-corrected chi connectivity index (χ4v) is 3.28. The molecule has 1 aromatic heterocycles. The first-order valence-corrected chi connectivity index (χ1v) is 9.26. The largest absolute Gasteiger partial charge is 0.338 e. The van der Waals surface area contributed by atoms with Gasteiger partial charge in [-0.3, -0.25) is 9.59 Å².